The minimum absolute atomic E-state index is 0.602. The first-order valence-electron chi connectivity index (χ1n) is 7.27. The van der Waals surface area contributed by atoms with Crippen LogP contribution >= 0.6 is 23.4 Å². The zero-order valence-electron chi connectivity index (χ0n) is 13.0. The van der Waals surface area contributed by atoms with Gasteiger partial charge in [-0.05, 0) is 29.0 Å². The monoisotopic (exact) mass is 350 g/mol. The molecule has 122 valence electrons. The van der Waals surface area contributed by atoms with Gasteiger partial charge in [-0.2, -0.15) is 0 Å². The lowest BCUT2D eigenvalue weighted by Crippen LogP contribution is -2.44. The number of thioether (sulfide) groups is 1. The van der Waals surface area contributed by atoms with Gasteiger partial charge in [0.2, 0.25) is 0 Å². The maximum atomic E-state index is 12.1. The van der Waals surface area contributed by atoms with Crippen LogP contribution in [0.2, 0.25) is 5.02 Å². The number of methoxy groups -OCH3 is 1. The van der Waals surface area contributed by atoms with E-state index in [1.807, 2.05) is 49.4 Å². The maximum absolute atomic E-state index is 12.1. The second-order valence-electron chi connectivity index (χ2n) is 4.97. The molecule has 0 radical (unpaired) electrons. The van der Waals surface area contributed by atoms with E-state index in [1.165, 1.54) is 18.9 Å². The van der Waals surface area contributed by atoms with E-state index in [0.29, 0.717) is 10.8 Å². The molecule has 0 aliphatic carbocycles. The molecule has 0 spiro atoms. The van der Waals surface area contributed by atoms with E-state index in [9.17, 15) is 9.90 Å². The van der Waals surface area contributed by atoms with Gasteiger partial charge in [0, 0.05) is 5.02 Å². The van der Waals surface area contributed by atoms with Crippen molar-refractivity contribution in [1.82, 2.24) is 0 Å². The number of benzene rings is 2. The van der Waals surface area contributed by atoms with Crippen LogP contribution in [-0.4, -0.2) is 30.0 Å². The van der Waals surface area contributed by atoms with Crippen molar-refractivity contribution in [2.45, 2.75) is 17.8 Å². The largest absolute Gasteiger partial charge is 0.467 e. The molecule has 3 nitrogen and oxygen atoms in total. The molecule has 0 unspecified atom stereocenters. The summed E-state index contributed by atoms with van der Waals surface area (Å²) in [5.41, 5.74) is 1.64. The highest BCUT2D eigenvalue weighted by molar-refractivity contribution is 8.00. The van der Waals surface area contributed by atoms with E-state index in [2.05, 4.69) is 0 Å². The number of ether oxygens (including phenoxy) is 1. The van der Waals surface area contributed by atoms with Gasteiger partial charge in [-0.3, -0.25) is 0 Å². The predicted molar refractivity (Wildman–Crippen MR) is 94.8 cm³/mol. The summed E-state index contributed by atoms with van der Waals surface area (Å²) < 4.78 is 3.85. The fourth-order valence-corrected chi connectivity index (χ4v) is 4.06. The molecule has 2 rings (SSSR count). The Balaban J connectivity index is 2.69. The Kier molecular flexibility index (Phi) is 6.10. The van der Waals surface area contributed by atoms with Gasteiger partial charge < -0.3 is 9.84 Å². The average molecular weight is 351 g/mol. The van der Waals surface area contributed by atoms with E-state index in [0.717, 1.165) is 11.1 Å². The standard InChI is InChI=1S/C18H19ClO3S/c1-3-23-18(16(20)17(21)22-2,13-7-5-4-6-8-13)14-9-11-15(19)12-10-14/h4-12,16,20H,3H2,1-2H3/t16-,18-/m0/s1. The molecule has 2 aromatic carbocycles. The van der Waals surface area contributed by atoms with E-state index in [4.69, 9.17) is 16.3 Å². The lowest BCUT2D eigenvalue weighted by molar-refractivity contribution is -0.151. The number of esters is 1. The molecule has 0 amide bonds. The van der Waals surface area contributed by atoms with Crippen molar-refractivity contribution in [3.8, 4) is 0 Å². The maximum Gasteiger partial charge on any atom is 0.336 e. The molecule has 0 aromatic heterocycles. The Morgan fingerprint density at radius 2 is 1.74 bits per heavy atom. The number of hydrogen-bond donors (Lipinski definition) is 1. The van der Waals surface area contributed by atoms with Gasteiger partial charge in [0.15, 0.2) is 6.10 Å². The first-order valence-corrected chi connectivity index (χ1v) is 8.64. The first-order chi connectivity index (χ1) is 11.1. The fraction of sp³-hybridized carbons (Fsp3) is 0.278. The third-order valence-corrected chi connectivity index (χ3v) is 5.35. The smallest absolute Gasteiger partial charge is 0.336 e. The molecule has 0 aliphatic rings. The van der Waals surface area contributed by atoms with Crippen molar-refractivity contribution in [3.63, 3.8) is 0 Å². The molecule has 23 heavy (non-hydrogen) atoms. The highest BCUT2D eigenvalue weighted by Crippen LogP contribution is 2.46. The van der Waals surface area contributed by atoms with Gasteiger partial charge >= 0.3 is 5.97 Å². The number of halogens is 1. The van der Waals surface area contributed by atoms with Crippen LogP contribution in [0.25, 0.3) is 0 Å². The number of hydrogen-bond acceptors (Lipinski definition) is 4. The molecule has 0 fully saturated rings. The van der Waals surface area contributed by atoms with Crippen LogP contribution < -0.4 is 0 Å². The van der Waals surface area contributed by atoms with Gasteiger partial charge in [0.1, 0.15) is 4.75 Å². The molecule has 0 saturated heterocycles. The molecular weight excluding hydrogens is 332 g/mol. The normalized spacial score (nSPS) is 14.8. The molecule has 5 heteroatoms. The summed E-state index contributed by atoms with van der Waals surface area (Å²) in [5.74, 6) is 0.0516. The Bertz CT molecular complexity index is 645. The predicted octanol–water partition coefficient (Wildman–Crippen LogP) is 3.87. The molecule has 0 heterocycles. The highest BCUT2D eigenvalue weighted by atomic mass is 35.5. The number of aliphatic hydroxyl groups excluding tert-OH is 1. The van der Waals surface area contributed by atoms with Gasteiger partial charge in [-0.1, -0.05) is 61.0 Å². The fourth-order valence-electron chi connectivity index (χ4n) is 2.62. The number of aliphatic hydroxyl groups is 1. The molecule has 0 bridgehead atoms. The summed E-state index contributed by atoms with van der Waals surface area (Å²) in [6.07, 6.45) is -1.33. The Labute approximate surface area is 145 Å². The van der Waals surface area contributed by atoms with Crippen LogP contribution in [0.5, 0.6) is 0 Å². The van der Waals surface area contributed by atoms with Crippen LogP contribution in [0.15, 0.2) is 54.6 Å². The van der Waals surface area contributed by atoms with Crippen LogP contribution in [-0.2, 0) is 14.3 Å². The molecule has 1 N–H and O–H groups in total. The minimum Gasteiger partial charge on any atom is -0.467 e. The van der Waals surface area contributed by atoms with Crippen LogP contribution in [0.1, 0.15) is 18.1 Å². The summed E-state index contributed by atoms with van der Waals surface area (Å²) in [6.45, 7) is 1.99. The zero-order valence-corrected chi connectivity index (χ0v) is 14.6. The molecular formula is C18H19ClO3S. The Morgan fingerprint density at radius 3 is 2.26 bits per heavy atom. The van der Waals surface area contributed by atoms with Crippen LogP contribution in [0.3, 0.4) is 0 Å². The Morgan fingerprint density at radius 1 is 1.17 bits per heavy atom. The third-order valence-electron chi connectivity index (χ3n) is 3.66. The van der Waals surface area contributed by atoms with Gasteiger partial charge in [-0.25, -0.2) is 4.79 Å². The van der Waals surface area contributed by atoms with E-state index < -0.39 is 16.8 Å². The summed E-state index contributed by atoms with van der Waals surface area (Å²) in [7, 11) is 1.28. The van der Waals surface area contributed by atoms with Crippen molar-refractivity contribution in [2.24, 2.45) is 0 Å². The van der Waals surface area contributed by atoms with Crippen molar-refractivity contribution >= 4 is 29.3 Å². The quantitative estimate of drug-likeness (QED) is 0.803. The Hall–Kier alpha value is -1.49. The van der Waals surface area contributed by atoms with Crippen LogP contribution in [0.4, 0.5) is 0 Å². The molecule has 2 aromatic rings. The summed E-state index contributed by atoms with van der Waals surface area (Å²) >= 11 is 7.49. The topological polar surface area (TPSA) is 46.5 Å². The lowest BCUT2D eigenvalue weighted by Gasteiger charge is -2.37. The number of carbonyl (C=O) groups excluding carboxylic acids is 1. The SMILES string of the molecule is CCS[C@@](c1ccccc1)(c1ccc(Cl)cc1)[C@@H](O)C(=O)OC. The number of carbonyl (C=O) groups is 1. The van der Waals surface area contributed by atoms with Crippen molar-refractivity contribution in [1.29, 1.82) is 0 Å². The molecule has 0 saturated carbocycles. The second-order valence-corrected chi connectivity index (χ2v) is 6.91. The summed E-state index contributed by atoms with van der Waals surface area (Å²) in [6, 6.07) is 16.7. The third kappa shape index (κ3) is 3.55. The highest BCUT2D eigenvalue weighted by Gasteiger charge is 2.46. The van der Waals surface area contributed by atoms with Gasteiger partial charge in [-0.15, -0.1) is 11.8 Å². The number of rotatable bonds is 6. The zero-order chi connectivity index (χ0) is 16.9. The van der Waals surface area contributed by atoms with Gasteiger partial charge in [0.05, 0.1) is 7.11 Å². The molecule has 2 atom stereocenters. The first kappa shape index (κ1) is 17.9. The minimum atomic E-state index is -1.33. The average Bonchev–Trinajstić information content (AvgIpc) is 2.60. The van der Waals surface area contributed by atoms with E-state index in [1.54, 1.807) is 12.1 Å². The molecule has 0 aliphatic heterocycles. The van der Waals surface area contributed by atoms with E-state index >= 15 is 0 Å². The summed E-state index contributed by atoms with van der Waals surface area (Å²) in [5, 5.41) is 11.4. The van der Waals surface area contributed by atoms with Crippen molar-refractivity contribution in [3.05, 3.63) is 70.7 Å². The second kappa shape index (κ2) is 7.86. The van der Waals surface area contributed by atoms with E-state index in [-0.39, 0.29) is 0 Å². The summed E-state index contributed by atoms with van der Waals surface area (Å²) in [4.78, 5) is 12.1. The van der Waals surface area contributed by atoms with Crippen molar-refractivity contribution < 1.29 is 14.6 Å². The lowest BCUT2D eigenvalue weighted by atomic mass is 9.85. The van der Waals surface area contributed by atoms with Crippen molar-refractivity contribution in [2.75, 3.05) is 12.9 Å². The van der Waals surface area contributed by atoms with Crippen LogP contribution in [0, 0.1) is 0 Å². The van der Waals surface area contributed by atoms with Gasteiger partial charge in [0.25, 0.3) is 0 Å².